The van der Waals surface area contributed by atoms with Crippen LogP contribution in [-0.2, 0) is 11.2 Å². The summed E-state index contributed by atoms with van der Waals surface area (Å²) in [7, 11) is 0. The Morgan fingerprint density at radius 1 is 1.20 bits per heavy atom. The van der Waals surface area contributed by atoms with Crippen LogP contribution in [0.5, 0.6) is 0 Å². The minimum absolute atomic E-state index is 0.0376. The average Bonchev–Trinajstić information content (AvgIpc) is 3.02. The van der Waals surface area contributed by atoms with Gasteiger partial charge in [0.1, 0.15) is 6.04 Å². The second kappa shape index (κ2) is 9.21. The lowest BCUT2D eigenvalue weighted by Gasteiger charge is -2.34. The van der Waals surface area contributed by atoms with Crippen LogP contribution in [-0.4, -0.2) is 39.9 Å². The Kier molecular flexibility index (Phi) is 7.14. The molecule has 1 atom stereocenters. The van der Waals surface area contributed by atoms with Gasteiger partial charge in [0.05, 0.1) is 0 Å². The van der Waals surface area contributed by atoms with Gasteiger partial charge < -0.3 is 15.6 Å². The molecule has 30 heavy (non-hydrogen) atoms. The van der Waals surface area contributed by atoms with Crippen molar-refractivity contribution in [2.24, 2.45) is 5.41 Å². The molecule has 3 N–H and O–H groups in total. The minimum atomic E-state index is -0.853. The van der Waals surface area contributed by atoms with E-state index in [4.69, 9.17) is 0 Å². The van der Waals surface area contributed by atoms with Crippen molar-refractivity contribution in [1.82, 2.24) is 20.5 Å². The summed E-state index contributed by atoms with van der Waals surface area (Å²) < 4.78 is 0. The summed E-state index contributed by atoms with van der Waals surface area (Å²) in [4.78, 5) is 30.0. The summed E-state index contributed by atoms with van der Waals surface area (Å²) in [5.74, 6) is -0.422. The van der Waals surface area contributed by atoms with Crippen molar-refractivity contribution in [2.45, 2.75) is 66.0 Å². The Bertz CT molecular complexity index is 933. The highest BCUT2D eigenvalue weighted by molar-refractivity contribution is 5.90. The number of carbonyl (C=O) groups is 2. The summed E-state index contributed by atoms with van der Waals surface area (Å²) in [6, 6.07) is 6.52. The average molecular weight is 412 g/mol. The van der Waals surface area contributed by atoms with Crippen molar-refractivity contribution in [3.05, 3.63) is 36.0 Å². The monoisotopic (exact) mass is 411 g/mol. The molecule has 7 nitrogen and oxygen atoms in total. The van der Waals surface area contributed by atoms with Crippen LogP contribution in [0.2, 0.25) is 0 Å². The molecule has 1 aromatic carbocycles. The van der Waals surface area contributed by atoms with E-state index in [0.717, 1.165) is 27.8 Å². The lowest BCUT2D eigenvalue weighted by Crippen LogP contribution is -2.56. The number of carbonyl (C=O) groups excluding carboxylic acids is 2. The molecule has 0 aliphatic carbocycles. The third-order valence-corrected chi connectivity index (χ3v) is 4.83. The van der Waals surface area contributed by atoms with Gasteiger partial charge in [-0.05, 0) is 44.2 Å². The van der Waals surface area contributed by atoms with Crippen molar-refractivity contribution >= 4 is 22.8 Å². The minimum Gasteiger partial charge on any atom is -0.361 e. The molecule has 162 valence electrons. The van der Waals surface area contributed by atoms with Gasteiger partial charge in [0.15, 0.2) is 6.19 Å². The number of aromatic amines is 1. The van der Waals surface area contributed by atoms with E-state index in [1.807, 2.05) is 50.5 Å². The molecule has 0 bridgehead atoms. The maximum absolute atomic E-state index is 12.9. The first-order valence-corrected chi connectivity index (χ1v) is 10.3. The fourth-order valence-electron chi connectivity index (χ4n) is 4.06. The smallest absolute Gasteiger partial charge is 0.315 e. The van der Waals surface area contributed by atoms with Gasteiger partial charge in [-0.15, -0.1) is 0 Å². The number of nitrogens with one attached hydrogen (secondary N) is 3. The lowest BCUT2D eigenvalue weighted by molar-refractivity contribution is -0.129. The molecule has 3 amide bonds. The highest BCUT2D eigenvalue weighted by Crippen LogP contribution is 2.26. The molecule has 2 aromatic rings. The fourth-order valence-corrected chi connectivity index (χ4v) is 4.06. The van der Waals surface area contributed by atoms with Crippen molar-refractivity contribution in [3.63, 3.8) is 0 Å². The number of hydrogen-bond donors (Lipinski definition) is 3. The number of hydrogen-bond acceptors (Lipinski definition) is 3. The molecule has 0 aliphatic rings. The van der Waals surface area contributed by atoms with Crippen molar-refractivity contribution in [3.8, 4) is 6.19 Å². The number of para-hydroxylation sites is 1. The van der Waals surface area contributed by atoms with Gasteiger partial charge in [0, 0.05) is 35.6 Å². The van der Waals surface area contributed by atoms with Gasteiger partial charge >= 0.3 is 6.03 Å². The SMILES string of the molecule is CCN(C#N)C(=O)C(Cc1c[nH]c2ccccc12)NC(=O)NC(C)(C)CC(C)(C)C. The van der Waals surface area contributed by atoms with Crippen LogP contribution in [0.3, 0.4) is 0 Å². The van der Waals surface area contributed by atoms with E-state index in [9.17, 15) is 14.9 Å². The van der Waals surface area contributed by atoms with E-state index in [2.05, 4.69) is 36.4 Å². The molecule has 0 fully saturated rings. The standard InChI is InChI=1S/C23H33N5O2/c1-7-28(15-24)20(29)19(12-16-13-25-18-11-9-8-10-17(16)18)26-21(30)27-23(5,6)14-22(2,3)4/h8-11,13,19,25H,7,12,14H2,1-6H3,(H2,26,27,30). The molecular formula is C23H33N5O2. The molecule has 0 spiro atoms. The van der Waals surface area contributed by atoms with Crippen molar-refractivity contribution in [1.29, 1.82) is 5.26 Å². The zero-order chi connectivity index (χ0) is 22.5. The number of benzene rings is 1. The predicted octanol–water partition coefficient (Wildman–Crippen LogP) is 3.92. The molecule has 0 saturated carbocycles. The van der Waals surface area contributed by atoms with Crippen molar-refractivity contribution < 1.29 is 9.59 Å². The molecule has 1 unspecified atom stereocenters. The number of aromatic nitrogens is 1. The normalized spacial score (nSPS) is 12.8. The zero-order valence-electron chi connectivity index (χ0n) is 18.8. The van der Waals surface area contributed by atoms with E-state index >= 15 is 0 Å². The number of rotatable bonds is 7. The molecule has 1 heterocycles. The number of nitrogens with zero attached hydrogens (tertiary/aromatic N) is 2. The van der Waals surface area contributed by atoms with Crippen LogP contribution in [0, 0.1) is 16.9 Å². The third-order valence-electron chi connectivity index (χ3n) is 4.83. The highest BCUT2D eigenvalue weighted by Gasteiger charge is 2.30. The molecular weight excluding hydrogens is 378 g/mol. The van der Waals surface area contributed by atoms with Gasteiger partial charge in [-0.25, -0.2) is 9.69 Å². The molecule has 0 saturated heterocycles. The van der Waals surface area contributed by atoms with Gasteiger partial charge in [-0.2, -0.15) is 5.26 Å². The lowest BCUT2D eigenvalue weighted by atomic mass is 9.82. The summed E-state index contributed by atoms with van der Waals surface area (Å²) >= 11 is 0. The maximum atomic E-state index is 12.9. The molecule has 0 aliphatic heterocycles. The summed E-state index contributed by atoms with van der Waals surface area (Å²) in [6.45, 7) is 12.2. The van der Waals surface area contributed by atoms with E-state index in [1.165, 1.54) is 0 Å². The van der Waals surface area contributed by atoms with E-state index in [1.54, 1.807) is 6.92 Å². The Morgan fingerprint density at radius 3 is 2.47 bits per heavy atom. The number of urea groups is 1. The van der Waals surface area contributed by atoms with Gasteiger partial charge in [-0.1, -0.05) is 39.0 Å². The molecule has 2 rings (SSSR count). The van der Waals surface area contributed by atoms with Gasteiger partial charge in [0.25, 0.3) is 5.91 Å². The number of likely N-dealkylation sites (N-methyl/N-ethyl adjacent to an activating group) is 1. The number of fused-ring (bicyclic) bond motifs is 1. The Hall–Kier alpha value is -3.01. The first-order chi connectivity index (χ1) is 14.0. The molecule has 1 aromatic heterocycles. The topological polar surface area (TPSA) is 101 Å². The Morgan fingerprint density at radius 2 is 1.87 bits per heavy atom. The summed E-state index contributed by atoms with van der Waals surface area (Å²) in [6.07, 6.45) is 4.81. The number of H-pyrrole nitrogens is 1. The number of amides is 3. The summed E-state index contributed by atoms with van der Waals surface area (Å²) in [5.41, 5.74) is 1.46. The maximum Gasteiger partial charge on any atom is 0.315 e. The summed E-state index contributed by atoms with van der Waals surface area (Å²) in [5, 5.41) is 16.1. The predicted molar refractivity (Wildman–Crippen MR) is 119 cm³/mol. The molecule has 0 radical (unpaired) electrons. The largest absolute Gasteiger partial charge is 0.361 e. The molecule has 7 heteroatoms. The van der Waals surface area contributed by atoms with Gasteiger partial charge in [-0.3, -0.25) is 4.79 Å². The second-order valence-electron chi connectivity index (χ2n) is 9.52. The van der Waals surface area contributed by atoms with Crippen LogP contribution in [0.1, 0.15) is 53.5 Å². The Balaban J connectivity index is 2.22. The van der Waals surface area contributed by atoms with Crippen LogP contribution >= 0.6 is 0 Å². The van der Waals surface area contributed by atoms with E-state index in [0.29, 0.717) is 0 Å². The first kappa shape index (κ1) is 23.3. The fraction of sp³-hybridized carbons (Fsp3) is 0.522. The van der Waals surface area contributed by atoms with Crippen LogP contribution in [0.25, 0.3) is 10.9 Å². The highest BCUT2D eigenvalue weighted by atomic mass is 16.2. The second-order valence-corrected chi connectivity index (χ2v) is 9.52. The van der Waals surface area contributed by atoms with Crippen molar-refractivity contribution in [2.75, 3.05) is 6.54 Å². The van der Waals surface area contributed by atoms with Crippen LogP contribution in [0.15, 0.2) is 30.5 Å². The Labute approximate surface area is 178 Å². The van der Waals surface area contributed by atoms with Gasteiger partial charge in [0.2, 0.25) is 0 Å². The first-order valence-electron chi connectivity index (χ1n) is 10.3. The third kappa shape index (κ3) is 6.24. The quantitative estimate of drug-likeness (QED) is 0.475. The zero-order valence-corrected chi connectivity index (χ0v) is 18.8. The van der Waals surface area contributed by atoms with E-state index in [-0.39, 0.29) is 18.4 Å². The van der Waals surface area contributed by atoms with E-state index < -0.39 is 23.5 Å². The van der Waals surface area contributed by atoms with Crippen LogP contribution < -0.4 is 10.6 Å². The number of nitriles is 1. The van der Waals surface area contributed by atoms with Crippen LogP contribution in [0.4, 0.5) is 4.79 Å².